The summed E-state index contributed by atoms with van der Waals surface area (Å²) in [6.07, 6.45) is 11.6. The standard InChI is InChI=1S/C23H29N2.U/c1-22(2,3)24(20-14-8-7-9-15-20)18-12-10-16-21-17-11-13-19-25(21)23(4,5)6;/h7-14,16-17,19H,1-6H3;/q-1;+2. The summed E-state index contributed by atoms with van der Waals surface area (Å²) < 4.78 is 2.27. The second kappa shape index (κ2) is 9.58. The van der Waals surface area contributed by atoms with Crippen LogP contribution in [0.5, 0.6) is 0 Å². The quantitative estimate of drug-likeness (QED) is 0.213. The Bertz CT molecular complexity index is 735. The monoisotopic (exact) mass is 571 g/mol. The maximum absolute atomic E-state index is 3.39. The Morgan fingerprint density at radius 1 is 1.00 bits per heavy atom. The van der Waals surface area contributed by atoms with E-state index < -0.39 is 0 Å². The number of rotatable bonds is 4. The van der Waals surface area contributed by atoms with Gasteiger partial charge in [-0.25, -0.2) is 12.1 Å². The molecule has 0 spiro atoms. The van der Waals surface area contributed by atoms with Crippen molar-refractivity contribution >= 4 is 11.8 Å². The number of para-hydroxylation sites is 1. The van der Waals surface area contributed by atoms with E-state index in [0.29, 0.717) is 0 Å². The van der Waals surface area contributed by atoms with Crippen LogP contribution < -0.4 is 9.47 Å². The molecule has 2 aromatic rings. The van der Waals surface area contributed by atoms with Gasteiger partial charge in [-0.1, -0.05) is 0 Å². The van der Waals surface area contributed by atoms with Gasteiger partial charge in [0.1, 0.15) is 0 Å². The minimum Gasteiger partial charge on any atom is -0.472 e. The molecule has 0 aliphatic rings. The summed E-state index contributed by atoms with van der Waals surface area (Å²) in [4.78, 5) is 2.11. The molecule has 2 nitrogen and oxygen atoms in total. The number of benzene rings is 1. The summed E-state index contributed by atoms with van der Waals surface area (Å²) >= 11 is 0. The molecule has 1 aromatic carbocycles. The molecule has 0 saturated heterocycles. The number of anilines is 1. The summed E-state index contributed by atoms with van der Waals surface area (Å²) in [6.45, 7) is 13.1. The molecule has 1 heterocycles. The number of aromatic nitrogens is 1. The van der Waals surface area contributed by atoms with Gasteiger partial charge in [0.15, 0.2) is 17.4 Å². The van der Waals surface area contributed by atoms with Crippen molar-refractivity contribution in [3.8, 4) is 0 Å². The maximum atomic E-state index is 3.39. The van der Waals surface area contributed by atoms with Crippen molar-refractivity contribution in [1.29, 1.82) is 0 Å². The predicted molar refractivity (Wildman–Crippen MR) is 106 cm³/mol. The van der Waals surface area contributed by atoms with E-state index >= 15 is 0 Å². The number of hydrogen-bond donors (Lipinski definition) is 0. The fourth-order valence-corrected chi connectivity index (χ4v) is 2.61. The average molecular weight is 572 g/mol. The normalized spacial score (nSPS) is 12.4. The molecule has 134 valence electrons. The van der Waals surface area contributed by atoms with E-state index in [0.717, 1.165) is 5.69 Å². The summed E-state index contributed by atoms with van der Waals surface area (Å²) in [5.74, 6) is 0. The number of nitrogens with zero attached hydrogens (tertiary/aromatic N) is 2. The van der Waals surface area contributed by atoms with Crippen LogP contribution in [0.3, 0.4) is 0 Å². The van der Waals surface area contributed by atoms with E-state index in [-0.39, 0.29) is 42.2 Å². The first-order valence-corrected chi connectivity index (χ1v) is 8.74. The predicted octanol–water partition coefficient (Wildman–Crippen LogP) is 5.16. The molecule has 0 aliphatic carbocycles. The van der Waals surface area contributed by atoms with Crippen molar-refractivity contribution in [3.05, 3.63) is 78.8 Å². The van der Waals surface area contributed by atoms with Gasteiger partial charge in [0.2, 0.25) is 0 Å². The Labute approximate surface area is 183 Å². The van der Waals surface area contributed by atoms with Gasteiger partial charge in [-0.2, -0.15) is 40.6 Å². The van der Waals surface area contributed by atoms with Crippen LogP contribution in [0.15, 0.2) is 60.8 Å². The summed E-state index contributed by atoms with van der Waals surface area (Å²) in [6, 6.07) is 17.5. The first-order chi connectivity index (χ1) is 11.7. The molecular weight excluding hydrogens is 542 g/mol. The van der Waals surface area contributed by atoms with Crippen LogP contribution in [0.4, 0.5) is 5.69 Å². The van der Waals surface area contributed by atoms with Gasteiger partial charge in [-0.15, -0.1) is 6.20 Å². The van der Waals surface area contributed by atoms with Crippen molar-refractivity contribution in [2.24, 2.45) is 0 Å². The fourth-order valence-electron chi connectivity index (χ4n) is 2.61. The topological polar surface area (TPSA) is 7.12 Å². The zero-order chi connectivity index (χ0) is 18.5. The third-order valence-corrected chi connectivity index (χ3v) is 3.79. The third kappa shape index (κ3) is 6.45. The van der Waals surface area contributed by atoms with E-state index in [9.17, 15) is 0 Å². The average Bonchev–Trinajstić information content (AvgIpc) is 2.54. The van der Waals surface area contributed by atoms with E-state index in [4.69, 9.17) is 0 Å². The zero-order valence-corrected chi connectivity index (χ0v) is 20.9. The Kier molecular flexibility index (Phi) is 8.38. The molecule has 0 aliphatic heterocycles. The largest absolute Gasteiger partial charge is 2.00 e. The van der Waals surface area contributed by atoms with Crippen molar-refractivity contribution < 1.29 is 35.7 Å². The maximum Gasteiger partial charge on any atom is 2.00 e. The van der Waals surface area contributed by atoms with E-state index in [2.05, 4.69) is 99.8 Å². The molecule has 0 amide bonds. The SMILES string of the molecule is CC(C)(C)N([C-]=C/C=C/c1cccc[n+]1C(C)(C)C)c1[c-]cccc1.[U+2]. The Hall–Kier alpha value is -1.30. The second-order valence-corrected chi connectivity index (χ2v) is 8.08. The van der Waals surface area contributed by atoms with Crippen LogP contribution in [0, 0.1) is 43.4 Å². The van der Waals surface area contributed by atoms with Crippen molar-refractivity contribution in [2.75, 3.05) is 4.90 Å². The van der Waals surface area contributed by atoms with Crippen molar-refractivity contribution in [1.82, 2.24) is 0 Å². The molecule has 26 heavy (non-hydrogen) atoms. The number of allylic oxidation sites excluding steroid dienone is 2. The van der Waals surface area contributed by atoms with Crippen LogP contribution in [-0.2, 0) is 5.54 Å². The Balaban J connectivity index is 0.00000338. The summed E-state index contributed by atoms with van der Waals surface area (Å²) in [5, 5.41) is 0. The minimum atomic E-state index is -0.0692. The molecular formula is C23H29N2U+. The molecule has 3 heteroatoms. The van der Waals surface area contributed by atoms with Gasteiger partial charge < -0.3 is 4.90 Å². The van der Waals surface area contributed by atoms with Crippen LogP contribution in [0.1, 0.15) is 47.2 Å². The van der Waals surface area contributed by atoms with Gasteiger partial charge in [-0.05, 0) is 32.9 Å². The fraction of sp³-hybridized carbons (Fsp3) is 0.348. The van der Waals surface area contributed by atoms with Crippen LogP contribution in [0.25, 0.3) is 6.08 Å². The molecule has 0 saturated carbocycles. The van der Waals surface area contributed by atoms with Gasteiger partial charge in [0, 0.05) is 38.4 Å². The first-order valence-electron chi connectivity index (χ1n) is 8.74. The van der Waals surface area contributed by atoms with E-state index in [1.807, 2.05) is 30.4 Å². The molecule has 0 N–H and O–H groups in total. The zero-order valence-electron chi connectivity index (χ0n) is 16.7. The Morgan fingerprint density at radius 2 is 1.69 bits per heavy atom. The third-order valence-electron chi connectivity index (χ3n) is 3.79. The van der Waals surface area contributed by atoms with Crippen LogP contribution >= 0.6 is 0 Å². The second-order valence-electron chi connectivity index (χ2n) is 8.08. The molecule has 1 aromatic heterocycles. The number of pyridine rings is 1. The van der Waals surface area contributed by atoms with Crippen molar-refractivity contribution in [3.63, 3.8) is 0 Å². The Morgan fingerprint density at radius 3 is 2.27 bits per heavy atom. The summed E-state index contributed by atoms with van der Waals surface area (Å²) in [5.41, 5.74) is 2.16. The van der Waals surface area contributed by atoms with Crippen LogP contribution in [0.2, 0.25) is 0 Å². The van der Waals surface area contributed by atoms with Crippen molar-refractivity contribution in [2.45, 2.75) is 52.6 Å². The smallest absolute Gasteiger partial charge is 0.472 e. The van der Waals surface area contributed by atoms with Gasteiger partial charge in [-0.3, -0.25) is 0 Å². The summed E-state index contributed by atoms with van der Waals surface area (Å²) in [7, 11) is 0. The molecule has 0 fully saturated rings. The van der Waals surface area contributed by atoms with Gasteiger partial charge in [0.25, 0.3) is 0 Å². The molecule has 0 unspecified atom stereocenters. The molecule has 0 bridgehead atoms. The minimum absolute atomic E-state index is 0. The molecule has 2 rings (SSSR count). The first kappa shape index (κ1) is 22.7. The van der Waals surface area contributed by atoms with Gasteiger partial charge >= 0.3 is 31.1 Å². The number of hydrogen-bond acceptors (Lipinski definition) is 1. The van der Waals surface area contributed by atoms with E-state index in [1.54, 1.807) is 0 Å². The van der Waals surface area contributed by atoms with Crippen LogP contribution in [-0.4, -0.2) is 5.54 Å². The van der Waals surface area contributed by atoms with E-state index in [1.165, 1.54) is 5.69 Å². The van der Waals surface area contributed by atoms with Gasteiger partial charge in [0.05, 0.1) is 0 Å². The molecule has 0 radical (unpaired) electrons. The molecule has 0 atom stereocenters.